The van der Waals surface area contributed by atoms with Gasteiger partial charge in [-0.3, -0.25) is 14.6 Å². The number of carbonyl (C=O) groups is 1. The van der Waals surface area contributed by atoms with Crippen LogP contribution in [0.25, 0.3) is 0 Å². The summed E-state index contributed by atoms with van der Waals surface area (Å²) in [6.45, 7) is 15.3. The summed E-state index contributed by atoms with van der Waals surface area (Å²) >= 11 is 0. The Hall–Kier alpha value is -0.650. The third kappa shape index (κ3) is 4.43. The van der Waals surface area contributed by atoms with Crippen LogP contribution in [0.5, 0.6) is 0 Å². The molecule has 0 radical (unpaired) electrons. The van der Waals surface area contributed by atoms with Gasteiger partial charge >= 0.3 is 0 Å². The minimum atomic E-state index is 0.243. The number of amides is 1. The molecule has 2 saturated heterocycles. The number of carbonyl (C=O) groups excluding carboxylic acids is 1. The fraction of sp³-hybridized carbons (Fsp3) is 0.933. The second-order valence-corrected chi connectivity index (χ2v) is 6.92. The Balaban J connectivity index is 1.75. The quantitative estimate of drug-likeness (QED) is 0.787. The summed E-state index contributed by atoms with van der Waals surface area (Å²) in [6.07, 6.45) is 1.07. The van der Waals surface area contributed by atoms with Crippen molar-refractivity contribution in [2.24, 2.45) is 0 Å². The van der Waals surface area contributed by atoms with Crippen molar-refractivity contribution in [1.29, 1.82) is 0 Å². The van der Waals surface area contributed by atoms with E-state index >= 15 is 0 Å². The van der Waals surface area contributed by atoms with Crippen molar-refractivity contribution in [3.05, 3.63) is 0 Å². The standard InChI is InChI=1S/C15H30N4O/c1-15(2,3)19-11-9-17(10-12-19)13-14(20)18-7-4-5-16-6-8-18/h16H,4-13H2,1-3H3. The minimum Gasteiger partial charge on any atom is -0.340 e. The van der Waals surface area contributed by atoms with Crippen LogP contribution in [-0.2, 0) is 4.79 Å². The third-order valence-electron chi connectivity index (χ3n) is 4.37. The largest absolute Gasteiger partial charge is 0.340 e. The lowest BCUT2D eigenvalue weighted by Gasteiger charge is -2.42. The summed E-state index contributed by atoms with van der Waals surface area (Å²) in [5.74, 6) is 0.304. The number of piperazine rings is 1. The SMILES string of the molecule is CC(C)(C)N1CCN(CC(=O)N2CCCNCC2)CC1. The zero-order valence-corrected chi connectivity index (χ0v) is 13.3. The molecule has 0 aromatic rings. The van der Waals surface area contributed by atoms with Crippen LogP contribution >= 0.6 is 0 Å². The Morgan fingerprint density at radius 3 is 2.35 bits per heavy atom. The Morgan fingerprint density at radius 1 is 1.00 bits per heavy atom. The molecule has 2 aliphatic heterocycles. The molecule has 0 aromatic carbocycles. The van der Waals surface area contributed by atoms with E-state index in [1.807, 2.05) is 4.90 Å². The second kappa shape index (κ2) is 6.87. The van der Waals surface area contributed by atoms with Gasteiger partial charge in [-0.1, -0.05) is 0 Å². The topological polar surface area (TPSA) is 38.8 Å². The van der Waals surface area contributed by atoms with Gasteiger partial charge in [0.1, 0.15) is 0 Å². The molecule has 0 saturated carbocycles. The Bertz CT molecular complexity index is 310. The molecule has 1 N–H and O–H groups in total. The first kappa shape index (κ1) is 15.7. The molecule has 2 aliphatic rings. The van der Waals surface area contributed by atoms with Crippen LogP contribution in [0.2, 0.25) is 0 Å². The fourth-order valence-electron chi connectivity index (χ4n) is 2.96. The summed E-state index contributed by atoms with van der Waals surface area (Å²) in [4.78, 5) is 19.2. The predicted octanol–water partition coefficient (Wildman–Crippen LogP) is 0.224. The van der Waals surface area contributed by atoms with Gasteiger partial charge in [-0.2, -0.15) is 0 Å². The van der Waals surface area contributed by atoms with E-state index in [2.05, 4.69) is 35.9 Å². The first-order chi connectivity index (χ1) is 9.47. The first-order valence-electron chi connectivity index (χ1n) is 7.93. The van der Waals surface area contributed by atoms with E-state index in [9.17, 15) is 4.79 Å². The van der Waals surface area contributed by atoms with E-state index in [0.717, 1.165) is 58.8 Å². The zero-order chi connectivity index (χ0) is 14.6. The van der Waals surface area contributed by atoms with E-state index in [0.29, 0.717) is 12.5 Å². The lowest BCUT2D eigenvalue weighted by molar-refractivity contribution is -0.132. The summed E-state index contributed by atoms with van der Waals surface area (Å²) in [5, 5.41) is 3.34. The first-order valence-corrected chi connectivity index (χ1v) is 7.93. The Kier molecular flexibility index (Phi) is 5.41. The predicted molar refractivity (Wildman–Crippen MR) is 81.8 cm³/mol. The molecule has 0 aromatic heterocycles. The average Bonchev–Trinajstić information content (AvgIpc) is 2.67. The molecule has 1 amide bonds. The monoisotopic (exact) mass is 282 g/mol. The van der Waals surface area contributed by atoms with E-state index in [-0.39, 0.29) is 5.54 Å². The molecule has 0 atom stereocenters. The van der Waals surface area contributed by atoms with Crippen LogP contribution in [0.4, 0.5) is 0 Å². The van der Waals surface area contributed by atoms with Crippen molar-refractivity contribution in [2.45, 2.75) is 32.7 Å². The second-order valence-electron chi connectivity index (χ2n) is 6.92. The van der Waals surface area contributed by atoms with E-state index in [4.69, 9.17) is 0 Å². The highest BCUT2D eigenvalue weighted by Gasteiger charge is 2.27. The summed E-state index contributed by atoms with van der Waals surface area (Å²) in [5.41, 5.74) is 0.243. The molecule has 0 aliphatic carbocycles. The van der Waals surface area contributed by atoms with E-state index < -0.39 is 0 Å². The van der Waals surface area contributed by atoms with Gasteiger partial charge in [0.25, 0.3) is 0 Å². The lowest BCUT2D eigenvalue weighted by atomic mass is 10.1. The summed E-state index contributed by atoms with van der Waals surface area (Å²) < 4.78 is 0. The molecular weight excluding hydrogens is 252 g/mol. The van der Waals surface area contributed by atoms with Crippen LogP contribution in [0.3, 0.4) is 0 Å². The maximum Gasteiger partial charge on any atom is 0.236 e. The van der Waals surface area contributed by atoms with Gasteiger partial charge in [0.05, 0.1) is 6.54 Å². The molecule has 0 spiro atoms. The highest BCUT2D eigenvalue weighted by atomic mass is 16.2. The van der Waals surface area contributed by atoms with Crippen LogP contribution in [0.15, 0.2) is 0 Å². The fourth-order valence-corrected chi connectivity index (χ4v) is 2.96. The van der Waals surface area contributed by atoms with Crippen LogP contribution in [0.1, 0.15) is 27.2 Å². The minimum absolute atomic E-state index is 0.243. The lowest BCUT2D eigenvalue weighted by Crippen LogP contribution is -2.55. The Morgan fingerprint density at radius 2 is 1.70 bits per heavy atom. The zero-order valence-electron chi connectivity index (χ0n) is 13.3. The maximum atomic E-state index is 12.3. The molecule has 2 rings (SSSR count). The van der Waals surface area contributed by atoms with Gasteiger partial charge in [-0.15, -0.1) is 0 Å². The highest BCUT2D eigenvalue weighted by Crippen LogP contribution is 2.15. The number of hydrogen-bond donors (Lipinski definition) is 1. The van der Waals surface area contributed by atoms with Gasteiger partial charge in [0.2, 0.25) is 5.91 Å². The van der Waals surface area contributed by atoms with Crippen molar-refractivity contribution in [3.63, 3.8) is 0 Å². The average molecular weight is 282 g/mol. The molecule has 20 heavy (non-hydrogen) atoms. The Labute approximate surface area is 123 Å². The molecule has 2 fully saturated rings. The molecule has 2 heterocycles. The molecule has 5 nitrogen and oxygen atoms in total. The van der Waals surface area contributed by atoms with Crippen molar-refractivity contribution in [1.82, 2.24) is 20.0 Å². The van der Waals surface area contributed by atoms with Crippen molar-refractivity contribution < 1.29 is 4.79 Å². The molecule has 0 unspecified atom stereocenters. The smallest absolute Gasteiger partial charge is 0.236 e. The number of hydrogen-bond acceptors (Lipinski definition) is 4. The normalized spacial score (nSPS) is 23.6. The van der Waals surface area contributed by atoms with Gasteiger partial charge in [0, 0.05) is 51.4 Å². The van der Waals surface area contributed by atoms with Gasteiger partial charge in [-0.25, -0.2) is 0 Å². The maximum absolute atomic E-state index is 12.3. The number of nitrogens with one attached hydrogen (secondary N) is 1. The number of rotatable bonds is 2. The molecular formula is C15H30N4O. The van der Waals surface area contributed by atoms with Crippen molar-refractivity contribution in [3.8, 4) is 0 Å². The molecule has 0 bridgehead atoms. The number of nitrogens with zero attached hydrogens (tertiary/aromatic N) is 3. The van der Waals surface area contributed by atoms with Gasteiger partial charge < -0.3 is 10.2 Å². The van der Waals surface area contributed by atoms with E-state index in [1.54, 1.807) is 0 Å². The van der Waals surface area contributed by atoms with E-state index in [1.165, 1.54) is 0 Å². The van der Waals surface area contributed by atoms with Crippen LogP contribution < -0.4 is 5.32 Å². The summed E-state index contributed by atoms with van der Waals surface area (Å²) in [6, 6.07) is 0. The highest BCUT2D eigenvalue weighted by molar-refractivity contribution is 5.78. The summed E-state index contributed by atoms with van der Waals surface area (Å²) in [7, 11) is 0. The molecule has 116 valence electrons. The van der Waals surface area contributed by atoms with Crippen molar-refractivity contribution in [2.75, 3.05) is 58.9 Å². The van der Waals surface area contributed by atoms with Crippen molar-refractivity contribution >= 4 is 5.91 Å². The third-order valence-corrected chi connectivity index (χ3v) is 4.37. The molecule has 5 heteroatoms. The van der Waals surface area contributed by atoms with Gasteiger partial charge in [0.15, 0.2) is 0 Å². The van der Waals surface area contributed by atoms with Crippen LogP contribution in [-0.4, -0.2) is 85.0 Å². The van der Waals surface area contributed by atoms with Crippen LogP contribution in [0, 0.1) is 0 Å². The van der Waals surface area contributed by atoms with Gasteiger partial charge in [-0.05, 0) is 33.7 Å².